The minimum atomic E-state index is -2.98. The molecular weight excluding hydrogens is 284 g/mol. The summed E-state index contributed by atoms with van der Waals surface area (Å²) in [4.78, 5) is 10.7. The fourth-order valence-electron chi connectivity index (χ4n) is 1.49. The maximum absolute atomic E-state index is 10.7. The first-order valence-electron chi connectivity index (χ1n) is 11.0. The third-order valence-electron chi connectivity index (χ3n) is 2.59. The van der Waals surface area contributed by atoms with E-state index < -0.39 is 31.5 Å². The van der Waals surface area contributed by atoms with Crippen molar-refractivity contribution in [1.82, 2.24) is 0 Å². The third-order valence-corrected chi connectivity index (χ3v) is 2.59. The lowest BCUT2D eigenvalue weighted by molar-refractivity contribution is -0.137. The van der Waals surface area contributed by atoms with E-state index in [9.17, 15) is 4.79 Å². The predicted molar refractivity (Wildman–Crippen MR) is 101 cm³/mol. The Balaban J connectivity index is 4.41. The fourth-order valence-corrected chi connectivity index (χ4v) is 1.49. The molecule has 0 atom stereocenters. The Kier molecular flexibility index (Phi) is 9.96. The van der Waals surface area contributed by atoms with Crippen LogP contribution in [0.1, 0.15) is 72.8 Å². The Morgan fingerprint density at radius 3 is 1.65 bits per heavy atom. The first-order valence-corrected chi connectivity index (χ1v) is 7.97. The molecule has 0 spiro atoms. The molecule has 128 valence electrons. The van der Waals surface area contributed by atoms with Gasteiger partial charge in [-0.05, 0) is 51.2 Å². The van der Waals surface area contributed by atoms with E-state index in [2.05, 4.69) is 37.3 Å². The van der Waals surface area contributed by atoms with Gasteiger partial charge in [-0.25, -0.2) is 0 Å². The molecule has 0 bridgehead atoms. The van der Waals surface area contributed by atoms with E-state index in [0.717, 1.165) is 31.8 Å². The van der Waals surface area contributed by atoms with Crippen LogP contribution in [0.2, 0.25) is 0 Å². The van der Waals surface area contributed by atoms with Crippen molar-refractivity contribution >= 4 is 5.97 Å². The van der Waals surface area contributed by atoms with Crippen LogP contribution in [0.25, 0.3) is 0 Å². The summed E-state index contributed by atoms with van der Waals surface area (Å²) >= 11 is 0. The first-order chi connectivity index (χ1) is 13.5. The van der Waals surface area contributed by atoms with Crippen molar-refractivity contribution in [1.29, 1.82) is 0 Å². The van der Waals surface area contributed by atoms with Gasteiger partial charge in [-0.15, -0.1) is 0 Å². The molecule has 0 aliphatic heterocycles. The van der Waals surface area contributed by atoms with E-state index >= 15 is 0 Å². The van der Waals surface area contributed by atoms with Gasteiger partial charge in [0.25, 0.3) is 0 Å². The smallest absolute Gasteiger partial charge is 0.303 e. The predicted octanol–water partition coefficient (Wildman–Crippen LogP) is 6.38. The molecule has 0 unspecified atom stereocenters. The number of carboxylic acid groups (broad SMARTS) is 1. The zero-order valence-corrected chi connectivity index (χ0v) is 13.9. The van der Waals surface area contributed by atoms with E-state index in [-0.39, 0.29) is 0 Å². The van der Waals surface area contributed by atoms with Crippen LogP contribution >= 0.6 is 0 Å². The summed E-state index contributed by atoms with van der Waals surface area (Å²) in [5.74, 6) is -1.52. The second-order valence-electron chi connectivity index (χ2n) is 4.66. The summed E-state index contributed by atoms with van der Waals surface area (Å²) < 4.78 is 46.4. The van der Waals surface area contributed by atoms with Gasteiger partial charge in [0.2, 0.25) is 0 Å². The third kappa shape index (κ3) is 20.2. The van der Waals surface area contributed by atoms with Crippen molar-refractivity contribution in [3.8, 4) is 0 Å². The van der Waals surface area contributed by atoms with Crippen LogP contribution < -0.4 is 0 Å². The number of allylic oxidation sites excluding steroid dienone is 10. The number of hydrogen-bond donors (Lipinski definition) is 1. The summed E-state index contributed by atoms with van der Waals surface area (Å²) in [5.41, 5.74) is 0. The Labute approximate surface area is 150 Å². The second-order valence-corrected chi connectivity index (χ2v) is 4.66. The highest BCUT2D eigenvalue weighted by Crippen LogP contribution is 2.01. The number of hydrogen-bond acceptors (Lipinski definition) is 1. The lowest BCUT2D eigenvalue weighted by Gasteiger charge is -1.92. The Hall–Kier alpha value is -1.83. The molecule has 0 aliphatic carbocycles. The van der Waals surface area contributed by atoms with Crippen molar-refractivity contribution in [2.75, 3.05) is 0 Å². The molecule has 0 aromatic rings. The monoisotopic (exact) mass is 322 g/mol. The van der Waals surface area contributed by atoms with Crippen LogP contribution in [0, 0.1) is 0 Å². The van der Waals surface area contributed by atoms with Gasteiger partial charge in [-0.1, -0.05) is 67.7 Å². The lowest BCUT2D eigenvalue weighted by atomic mass is 10.2. The summed E-state index contributed by atoms with van der Waals surface area (Å²) in [7, 11) is 0. The molecule has 0 heterocycles. The van der Waals surface area contributed by atoms with Gasteiger partial charge < -0.3 is 5.11 Å². The highest BCUT2D eigenvalue weighted by Gasteiger charge is 1.93. The van der Waals surface area contributed by atoms with E-state index in [1.807, 2.05) is 18.2 Å². The van der Waals surface area contributed by atoms with Crippen molar-refractivity contribution in [2.45, 2.75) is 64.6 Å². The lowest BCUT2D eigenvalue weighted by Crippen LogP contribution is -1.92. The minimum Gasteiger partial charge on any atom is -0.481 e. The van der Waals surface area contributed by atoms with Gasteiger partial charge in [0.1, 0.15) is 0 Å². The Morgan fingerprint density at radius 2 is 1.22 bits per heavy atom. The number of carbonyl (C=O) groups is 1. The van der Waals surface area contributed by atoms with Crippen LogP contribution in [0.3, 0.4) is 0 Å². The SMILES string of the molecule is [2H]C([2H])(/C=C\C/C=C\C/C=C\C/C=C\C/C=C\CC)C([2H])([2H])C([2H])([2H])CC(=O)O. The number of carboxylic acids is 1. The fraction of sp³-hybridized carbons (Fsp3) is 0.476. The minimum absolute atomic E-state index is 0.370. The van der Waals surface area contributed by atoms with Gasteiger partial charge in [-0.2, -0.15) is 0 Å². The van der Waals surface area contributed by atoms with E-state index in [4.69, 9.17) is 13.3 Å². The van der Waals surface area contributed by atoms with Crippen LogP contribution in [0.15, 0.2) is 60.8 Å². The Bertz CT molecular complexity index is 631. The number of aliphatic carboxylic acids is 1. The molecule has 2 nitrogen and oxygen atoms in total. The molecule has 0 amide bonds. The molecule has 0 radical (unpaired) electrons. The second kappa shape index (κ2) is 18.2. The van der Waals surface area contributed by atoms with E-state index in [1.54, 1.807) is 0 Å². The topological polar surface area (TPSA) is 37.3 Å². The highest BCUT2D eigenvalue weighted by atomic mass is 16.4. The number of rotatable bonds is 14. The zero-order valence-electron chi connectivity index (χ0n) is 19.9. The molecule has 0 fully saturated rings. The summed E-state index contributed by atoms with van der Waals surface area (Å²) in [6.07, 6.45) is 13.0. The molecular formula is C21H32O2. The summed E-state index contributed by atoms with van der Waals surface area (Å²) in [5, 5.41) is 8.72. The van der Waals surface area contributed by atoms with Gasteiger partial charge in [0, 0.05) is 14.6 Å². The van der Waals surface area contributed by atoms with E-state index in [0.29, 0.717) is 6.42 Å². The van der Waals surface area contributed by atoms with Gasteiger partial charge in [0.05, 0.1) is 0 Å². The normalized spacial score (nSPS) is 18.5. The van der Waals surface area contributed by atoms with Crippen molar-refractivity contribution < 1.29 is 18.1 Å². The quantitative estimate of drug-likeness (QED) is 0.377. The van der Waals surface area contributed by atoms with Crippen molar-refractivity contribution in [3.05, 3.63) is 60.8 Å². The molecule has 23 heavy (non-hydrogen) atoms. The molecule has 1 N–H and O–H groups in total. The van der Waals surface area contributed by atoms with Crippen LogP contribution in [-0.4, -0.2) is 11.1 Å². The molecule has 0 saturated carbocycles. The average molecular weight is 323 g/mol. The molecule has 0 rings (SSSR count). The summed E-state index contributed by atoms with van der Waals surface area (Å²) in [6, 6.07) is 0. The van der Waals surface area contributed by atoms with Gasteiger partial charge in [0.15, 0.2) is 0 Å². The van der Waals surface area contributed by atoms with Crippen molar-refractivity contribution in [2.24, 2.45) is 0 Å². The molecule has 2 heteroatoms. The largest absolute Gasteiger partial charge is 0.481 e. The molecule has 0 aliphatic rings. The Morgan fingerprint density at radius 1 is 0.783 bits per heavy atom. The summed E-state index contributed by atoms with van der Waals surface area (Å²) in [6.45, 7) is 2.10. The standard InChI is InChI=1S/C21H32O2/c1-2-3-4-5-6-7-8-9-10-11-12-13-14-15-16-17-18-19-20-21(22)23/h3-4,6-7,9-10,12-13,15-16H,2,5,8,11,14,17-20H2,1H3,(H,22,23)/b4-3-,7-6-,10-9-,13-12-,16-15-/i17D2,18D2,19D2. The molecule has 0 aromatic carbocycles. The van der Waals surface area contributed by atoms with Gasteiger partial charge in [-0.3, -0.25) is 4.79 Å². The van der Waals surface area contributed by atoms with Gasteiger partial charge >= 0.3 is 5.97 Å². The van der Waals surface area contributed by atoms with Crippen molar-refractivity contribution in [3.63, 3.8) is 0 Å². The van der Waals surface area contributed by atoms with Crippen LogP contribution in [0.5, 0.6) is 0 Å². The van der Waals surface area contributed by atoms with Crippen LogP contribution in [0.4, 0.5) is 0 Å². The average Bonchev–Trinajstić information content (AvgIpc) is 2.60. The zero-order chi connectivity index (χ0) is 22.4. The highest BCUT2D eigenvalue weighted by molar-refractivity contribution is 5.66. The molecule has 0 aromatic heterocycles. The maximum atomic E-state index is 10.7. The van der Waals surface area contributed by atoms with Crippen LogP contribution in [-0.2, 0) is 4.79 Å². The first kappa shape index (κ1) is 12.6. The molecule has 0 saturated heterocycles. The van der Waals surface area contributed by atoms with E-state index in [1.165, 1.54) is 6.08 Å². The maximum Gasteiger partial charge on any atom is 0.303 e.